The van der Waals surface area contributed by atoms with Gasteiger partial charge >= 0.3 is 6.03 Å². The lowest BCUT2D eigenvalue weighted by atomic mass is 10.1. The number of aromatic nitrogens is 1. The SMILES string of the molecule is O=C1C2CS(=O)(=O)CCN2C(=O)N1c1cc(-c2ccccc2)ns1. The van der Waals surface area contributed by atoms with E-state index in [9.17, 15) is 18.0 Å². The number of carbonyl (C=O) groups excluding carboxylic acids is 2. The molecule has 124 valence electrons. The highest BCUT2D eigenvalue weighted by Crippen LogP contribution is 2.33. The van der Waals surface area contributed by atoms with Crippen molar-refractivity contribution in [3.05, 3.63) is 36.4 Å². The van der Waals surface area contributed by atoms with Crippen LogP contribution in [-0.2, 0) is 14.6 Å². The van der Waals surface area contributed by atoms with E-state index in [0.29, 0.717) is 10.7 Å². The van der Waals surface area contributed by atoms with E-state index in [1.807, 2.05) is 30.3 Å². The Morgan fingerprint density at radius 2 is 1.92 bits per heavy atom. The van der Waals surface area contributed by atoms with Crippen molar-refractivity contribution in [1.29, 1.82) is 0 Å². The molecule has 0 saturated carbocycles. The Hall–Kier alpha value is -2.26. The van der Waals surface area contributed by atoms with Crippen molar-refractivity contribution in [3.63, 3.8) is 0 Å². The smallest absolute Gasteiger partial charge is 0.310 e. The molecule has 24 heavy (non-hydrogen) atoms. The van der Waals surface area contributed by atoms with E-state index in [0.717, 1.165) is 22.0 Å². The van der Waals surface area contributed by atoms with E-state index < -0.39 is 27.8 Å². The van der Waals surface area contributed by atoms with Crippen LogP contribution in [0.1, 0.15) is 0 Å². The molecule has 1 aromatic heterocycles. The third-order valence-electron chi connectivity index (χ3n) is 4.16. The maximum absolute atomic E-state index is 12.6. The number of carbonyl (C=O) groups is 2. The second kappa shape index (κ2) is 5.38. The highest BCUT2D eigenvalue weighted by atomic mass is 32.2. The molecule has 3 heterocycles. The van der Waals surface area contributed by atoms with Gasteiger partial charge in [0.2, 0.25) is 0 Å². The number of nitrogens with zero attached hydrogens (tertiary/aromatic N) is 3. The topological polar surface area (TPSA) is 87.7 Å². The number of anilines is 1. The lowest BCUT2D eigenvalue weighted by molar-refractivity contribution is -0.119. The van der Waals surface area contributed by atoms with Crippen LogP contribution in [0.2, 0.25) is 0 Å². The van der Waals surface area contributed by atoms with Gasteiger partial charge in [-0.2, -0.15) is 4.37 Å². The molecule has 2 aliphatic rings. The van der Waals surface area contributed by atoms with Crippen molar-refractivity contribution in [2.24, 2.45) is 0 Å². The summed E-state index contributed by atoms with van der Waals surface area (Å²) in [5.74, 6) is -0.904. The van der Waals surface area contributed by atoms with Crippen molar-refractivity contribution < 1.29 is 18.0 Å². The fraction of sp³-hybridized carbons (Fsp3) is 0.267. The van der Waals surface area contributed by atoms with Crippen molar-refractivity contribution >= 4 is 38.3 Å². The number of rotatable bonds is 2. The zero-order chi connectivity index (χ0) is 16.9. The summed E-state index contributed by atoms with van der Waals surface area (Å²) in [7, 11) is -3.29. The fourth-order valence-electron chi connectivity index (χ4n) is 2.93. The Balaban J connectivity index is 1.67. The monoisotopic (exact) mass is 363 g/mol. The normalized spacial score (nSPS) is 22.8. The van der Waals surface area contributed by atoms with Crippen molar-refractivity contribution in [1.82, 2.24) is 9.27 Å². The maximum atomic E-state index is 12.6. The van der Waals surface area contributed by atoms with Gasteiger partial charge in [-0.25, -0.2) is 18.1 Å². The van der Waals surface area contributed by atoms with Gasteiger partial charge in [0.1, 0.15) is 11.0 Å². The highest BCUT2D eigenvalue weighted by Gasteiger charge is 2.50. The summed E-state index contributed by atoms with van der Waals surface area (Å²) in [4.78, 5) is 27.5. The molecule has 4 rings (SSSR count). The summed E-state index contributed by atoms with van der Waals surface area (Å²) < 4.78 is 27.8. The standard InChI is InChI=1S/C15H13N3O4S2/c19-14-12-9-24(21,22)7-6-17(12)15(20)18(14)13-8-11(16-23-13)10-4-2-1-3-5-10/h1-5,8,12H,6-7,9H2. The number of sulfone groups is 1. The number of fused-ring (bicyclic) bond motifs is 1. The lowest BCUT2D eigenvalue weighted by Gasteiger charge is -2.26. The Morgan fingerprint density at radius 1 is 1.17 bits per heavy atom. The molecule has 1 aromatic carbocycles. The van der Waals surface area contributed by atoms with Crippen LogP contribution in [0.5, 0.6) is 0 Å². The van der Waals surface area contributed by atoms with Gasteiger partial charge in [-0.1, -0.05) is 30.3 Å². The summed E-state index contributed by atoms with van der Waals surface area (Å²) in [6.07, 6.45) is 0. The number of imide groups is 1. The first-order valence-electron chi connectivity index (χ1n) is 7.33. The molecular formula is C15H13N3O4S2. The predicted molar refractivity (Wildman–Crippen MR) is 89.6 cm³/mol. The first kappa shape index (κ1) is 15.3. The molecule has 2 aliphatic heterocycles. The van der Waals surface area contributed by atoms with Crippen LogP contribution in [0, 0.1) is 0 Å². The molecule has 0 spiro atoms. The summed E-state index contributed by atoms with van der Waals surface area (Å²) in [6.45, 7) is 0.0540. The van der Waals surface area contributed by atoms with Crippen LogP contribution in [0.25, 0.3) is 11.3 Å². The molecular weight excluding hydrogens is 350 g/mol. The van der Waals surface area contributed by atoms with Crippen molar-refractivity contribution in [2.45, 2.75) is 6.04 Å². The Labute approximate surface area is 142 Å². The molecule has 9 heteroatoms. The summed E-state index contributed by atoms with van der Waals surface area (Å²) in [5.41, 5.74) is 1.56. The van der Waals surface area contributed by atoms with Crippen LogP contribution in [0.4, 0.5) is 9.80 Å². The van der Waals surface area contributed by atoms with Crippen LogP contribution >= 0.6 is 11.5 Å². The number of hydrogen-bond acceptors (Lipinski definition) is 6. The maximum Gasteiger partial charge on any atom is 0.332 e. The van der Waals surface area contributed by atoms with E-state index in [2.05, 4.69) is 4.37 Å². The van der Waals surface area contributed by atoms with Gasteiger partial charge in [0.05, 0.1) is 17.2 Å². The molecule has 1 unspecified atom stereocenters. The fourth-order valence-corrected chi connectivity index (χ4v) is 5.14. The Morgan fingerprint density at radius 3 is 2.67 bits per heavy atom. The first-order valence-corrected chi connectivity index (χ1v) is 9.93. The summed E-state index contributed by atoms with van der Waals surface area (Å²) >= 11 is 1.05. The average Bonchev–Trinajstić information content (AvgIpc) is 3.12. The Bertz CT molecular complexity index is 923. The van der Waals surface area contributed by atoms with Crippen LogP contribution in [-0.4, -0.2) is 53.7 Å². The second-order valence-corrected chi connectivity index (χ2v) is 8.71. The molecule has 0 aliphatic carbocycles. The predicted octanol–water partition coefficient (Wildman–Crippen LogP) is 1.38. The van der Waals surface area contributed by atoms with Gasteiger partial charge in [-0.05, 0) is 11.5 Å². The molecule has 1 atom stereocenters. The highest BCUT2D eigenvalue weighted by molar-refractivity contribution is 7.91. The zero-order valence-electron chi connectivity index (χ0n) is 12.5. The van der Waals surface area contributed by atoms with E-state index in [-0.39, 0.29) is 18.1 Å². The van der Waals surface area contributed by atoms with E-state index in [4.69, 9.17) is 0 Å². The largest absolute Gasteiger partial charge is 0.332 e. The van der Waals surface area contributed by atoms with Gasteiger partial charge in [-0.15, -0.1) is 0 Å². The molecule has 2 aromatic rings. The zero-order valence-corrected chi connectivity index (χ0v) is 14.1. The van der Waals surface area contributed by atoms with E-state index >= 15 is 0 Å². The molecule has 0 N–H and O–H groups in total. The molecule has 0 bridgehead atoms. The molecule has 2 saturated heterocycles. The van der Waals surface area contributed by atoms with Crippen LogP contribution in [0.3, 0.4) is 0 Å². The Kier molecular flexibility index (Phi) is 3.43. The number of urea groups is 1. The van der Waals surface area contributed by atoms with Crippen molar-refractivity contribution in [3.8, 4) is 11.3 Å². The van der Waals surface area contributed by atoms with Gasteiger partial charge in [0.25, 0.3) is 5.91 Å². The van der Waals surface area contributed by atoms with E-state index in [1.54, 1.807) is 6.07 Å². The minimum Gasteiger partial charge on any atom is -0.310 e. The number of amides is 3. The van der Waals surface area contributed by atoms with Crippen LogP contribution < -0.4 is 4.90 Å². The van der Waals surface area contributed by atoms with Gasteiger partial charge in [0.15, 0.2) is 9.84 Å². The minimum atomic E-state index is -3.29. The van der Waals surface area contributed by atoms with E-state index in [1.165, 1.54) is 4.90 Å². The molecule has 2 fully saturated rings. The van der Waals surface area contributed by atoms with Gasteiger partial charge < -0.3 is 4.90 Å². The minimum absolute atomic E-state index is 0.0540. The summed E-state index contributed by atoms with van der Waals surface area (Å²) in [6, 6.07) is 9.73. The number of benzene rings is 1. The third-order valence-corrected chi connectivity index (χ3v) is 6.56. The molecule has 7 nitrogen and oxygen atoms in total. The quantitative estimate of drug-likeness (QED) is 0.752. The average molecular weight is 363 g/mol. The van der Waals surface area contributed by atoms with Crippen LogP contribution in [0.15, 0.2) is 36.4 Å². The summed E-state index contributed by atoms with van der Waals surface area (Å²) in [5, 5.41) is 0.413. The van der Waals surface area contributed by atoms with Gasteiger partial charge in [0, 0.05) is 18.2 Å². The molecule has 3 amide bonds. The first-order chi connectivity index (χ1) is 11.5. The van der Waals surface area contributed by atoms with Crippen molar-refractivity contribution in [2.75, 3.05) is 23.0 Å². The van der Waals surface area contributed by atoms with Gasteiger partial charge in [-0.3, -0.25) is 4.79 Å². The molecule has 0 radical (unpaired) electrons. The number of hydrogen-bond donors (Lipinski definition) is 0. The third kappa shape index (κ3) is 2.40. The lowest BCUT2D eigenvalue weighted by Crippen LogP contribution is -2.48. The second-order valence-electron chi connectivity index (χ2n) is 5.70.